The van der Waals surface area contributed by atoms with Crippen LogP contribution in [0.15, 0.2) is 217 Å². The summed E-state index contributed by atoms with van der Waals surface area (Å²) in [6, 6.07) is 73.8. The van der Waals surface area contributed by atoms with E-state index in [4.69, 9.17) is 14.4 Å². The first-order valence-electron chi connectivity index (χ1n) is 18.8. The molecule has 0 aliphatic carbocycles. The van der Waals surface area contributed by atoms with E-state index in [-0.39, 0.29) is 0 Å². The second-order valence-electron chi connectivity index (χ2n) is 13.8. The number of fused-ring (bicyclic) bond motifs is 3. The van der Waals surface area contributed by atoms with Gasteiger partial charge in [0.2, 0.25) is 0 Å². The third-order valence-corrected chi connectivity index (χ3v) is 10.3. The van der Waals surface area contributed by atoms with Gasteiger partial charge in [-0.2, -0.15) is 0 Å². The SMILES string of the molecule is c1ccc(-c2ccc(-c3cc(-c4ccc5c(c4)oc4cc(N(c6ccccc6)c6ccc(-c7ccccc7)cc6)ccc45)nc(-c4ccccc4)n3)cc2)cc1. The molecule has 10 rings (SSSR count). The zero-order chi connectivity index (χ0) is 37.3. The van der Waals surface area contributed by atoms with Crippen molar-refractivity contribution in [1.82, 2.24) is 9.97 Å². The van der Waals surface area contributed by atoms with Crippen molar-refractivity contribution in [2.45, 2.75) is 0 Å². The van der Waals surface area contributed by atoms with E-state index in [9.17, 15) is 0 Å². The molecule has 10 aromatic rings. The van der Waals surface area contributed by atoms with Crippen LogP contribution in [0.5, 0.6) is 0 Å². The maximum atomic E-state index is 6.67. The number of anilines is 3. The summed E-state index contributed by atoms with van der Waals surface area (Å²) in [4.78, 5) is 12.4. The van der Waals surface area contributed by atoms with Gasteiger partial charge in [0, 0.05) is 50.6 Å². The van der Waals surface area contributed by atoms with Crippen LogP contribution < -0.4 is 4.90 Å². The van der Waals surface area contributed by atoms with Crippen molar-refractivity contribution in [3.05, 3.63) is 212 Å². The van der Waals surface area contributed by atoms with Crippen LogP contribution in [0.2, 0.25) is 0 Å². The lowest BCUT2D eigenvalue weighted by Gasteiger charge is -2.25. The summed E-state index contributed by atoms with van der Waals surface area (Å²) in [7, 11) is 0. The molecule has 264 valence electrons. The fourth-order valence-electron chi connectivity index (χ4n) is 7.45. The number of hydrogen-bond donors (Lipinski definition) is 0. The second-order valence-corrected chi connectivity index (χ2v) is 13.8. The summed E-state index contributed by atoms with van der Waals surface area (Å²) < 4.78 is 6.67. The first-order valence-corrected chi connectivity index (χ1v) is 18.8. The van der Waals surface area contributed by atoms with Gasteiger partial charge in [0.25, 0.3) is 0 Å². The first-order chi connectivity index (χ1) is 27.7. The summed E-state index contributed by atoms with van der Waals surface area (Å²) in [5.74, 6) is 0.678. The Balaban J connectivity index is 1.03. The van der Waals surface area contributed by atoms with Crippen molar-refractivity contribution in [2.24, 2.45) is 0 Å². The molecule has 0 radical (unpaired) electrons. The molecule has 2 aromatic heterocycles. The molecule has 56 heavy (non-hydrogen) atoms. The average molecular weight is 718 g/mol. The Morgan fingerprint density at radius 3 is 1.32 bits per heavy atom. The van der Waals surface area contributed by atoms with Crippen molar-refractivity contribution in [2.75, 3.05) is 4.90 Å². The van der Waals surface area contributed by atoms with Crippen LogP contribution in [0.1, 0.15) is 0 Å². The van der Waals surface area contributed by atoms with Gasteiger partial charge in [0.15, 0.2) is 5.82 Å². The minimum atomic E-state index is 0.678. The third kappa shape index (κ3) is 6.40. The molecular formula is C52H35N3O. The van der Waals surface area contributed by atoms with E-state index < -0.39 is 0 Å². The molecule has 0 saturated heterocycles. The number of nitrogens with zero attached hydrogens (tertiary/aromatic N) is 3. The minimum absolute atomic E-state index is 0.678. The van der Waals surface area contributed by atoms with Gasteiger partial charge in [-0.05, 0) is 76.9 Å². The number of rotatable bonds is 8. The van der Waals surface area contributed by atoms with Crippen molar-refractivity contribution in [1.29, 1.82) is 0 Å². The number of aromatic nitrogens is 2. The Labute approximate surface area is 325 Å². The molecule has 0 saturated carbocycles. The fraction of sp³-hybridized carbons (Fsp3) is 0. The van der Waals surface area contributed by atoms with Gasteiger partial charge in [0.05, 0.1) is 11.4 Å². The van der Waals surface area contributed by atoms with Crippen molar-refractivity contribution in [3.63, 3.8) is 0 Å². The lowest BCUT2D eigenvalue weighted by molar-refractivity contribution is 0.669. The lowest BCUT2D eigenvalue weighted by atomic mass is 10.0. The Morgan fingerprint density at radius 2 is 0.714 bits per heavy atom. The van der Waals surface area contributed by atoms with E-state index in [1.165, 1.54) is 22.3 Å². The number of hydrogen-bond acceptors (Lipinski definition) is 4. The lowest BCUT2D eigenvalue weighted by Crippen LogP contribution is -2.09. The molecule has 0 N–H and O–H groups in total. The van der Waals surface area contributed by atoms with Gasteiger partial charge in [-0.3, -0.25) is 0 Å². The van der Waals surface area contributed by atoms with Crippen LogP contribution in [0.4, 0.5) is 17.1 Å². The van der Waals surface area contributed by atoms with Gasteiger partial charge in [-0.1, -0.05) is 152 Å². The zero-order valence-corrected chi connectivity index (χ0v) is 30.5. The van der Waals surface area contributed by atoms with Crippen molar-refractivity contribution in [3.8, 4) is 56.2 Å². The third-order valence-electron chi connectivity index (χ3n) is 10.3. The predicted octanol–water partition coefficient (Wildman–Crippen LogP) is 14.2. The van der Waals surface area contributed by atoms with E-state index >= 15 is 0 Å². The highest BCUT2D eigenvalue weighted by atomic mass is 16.3. The molecule has 2 heterocycles. The zero-order valence-electron chi connectivity index (χ0n) is 30.5. The molecule has 4 nitrogen and oxygen atoms in total. The largest absolute Gasteiger partial charge is 0.456 e. The van der Waals surface area contributed by atoms with Crippen LogP contribution in [0, 0.1) is 0 Å². The minimum Gasteiger partial charge on any atom is -0.456 e. The van der Waals surface area contributed by atoms with Gasteiger partial charge in [-0.15, -0.1) is 0 Å². The molecule has 4 heteroatoms. The van der Waals surface area contributed by atoms with Crippen LogP contribution >= 0.6 is 0 Å². The Kier molecular flexibility index (Phi) is 8.47. The van der Waals surface area contributed by atoms with E-state index in [0.717, 1.165) is 67.1 Å². The predicted molar refractivity (Wildman–Crippen MR) is 231 cm³/mol. The van der Waals surface area contributed by atoms with Gasteiger partial charge in [0.1, 0.15) is 11.2 Å². The summed E-state index contributed by atoms with van der Waals surface area (Å²) >= 11 is 0. The molecule has 0 aliphatic heterocycles. The van der Waals surface area contributed by atoms with E-state index in [0.29, 0.717) is 5.82 Å². The second kappa shape index (κ2) is 14.3. The molecule has 0 bridgehead atoms. The van der Waals surface area contributed by atoms with Crippen LogP contribution in [0.25, 0.3) is 78.1 Å². The summed E-state index contributed by atoms with van der Waals surface area (Å²) in [6.07, 6.45) is 0. The average Bonchev–Trinajstić information content (AvgIpc) is 3.65. The van der Waals surface area contributed by atoms with E-state index in [2.05, 4.69) is 181 Å². The summed E-state index contributed by atoms with van der Waals surface area (Å²) in [6.45, 7) is 0. The first kappa shape index (κ1) is 33.0. The standard InChI is InChI=1S/C52H35N3O/c1-5-13-36(14-6-1)38-21-23-40(24-22-38)48-35-49(54-52(53-48)41-17-9-3-10-18-41)42-27-31-46-47-32-30-45(34-51(47)56-50(46)33-42)55(43-19-11-4-12-20-43)44-28-25-39(26-29-44)37-15-7-2-8-16-37/h1-35H. The Hall–Kier alpha value is -7.56. The molecule has 0 aliphatic rings. The van der Waals surface area contributed by atoms with Gasteiger partial charge < -0.3 is 9.32 Å². The molecule has 0 amide bonds. The summed E-state index contributed by atoms with van der Waals surface area (Å²) in [5, 5.41) is 2.12. The topological polar surface area (TPSA) is 42.2 Å². The highest BCUT2D eigenvalue weighted by molar-refractivity contribution is 6.07. The van der Waals surface area contributed by atoms with Crippen molar-refractivity contribution >= 4 is 39.0 Å². The van der Waals surface area contributed by atoms with E-state index in [1.54, 1.807) is 0 Å². The molecule has 0 atom stereocenters. The maximum Gasteiger partial charge on any atom is 0.160 e. The fourth-order valence-corrected chi connectivity index (χ4v) is 7.45. The molecular weight excluding hydrogens is 683 g/mol. The Bertz CT molecular complexity index is 2920. The quantitative estimate of drug-likeness (QED) is 0.157. The highest BCUT2D eigenvalue weighted by Gasteiger charge is 2.17. The van der Waals surface area contributed by atoms with Gasteiger partial charge >= 0.3 is 0 Å². The molecule has 0 unspecified atom stereocenters. The molecule has 8 aromatic carbocycles. The molecule has 0 spiro atoms. The highest BCUT2D eigenvalue weighted by Crippen LogP contribution is 2.40. The van der Waals surface area contributed by atoms with Crippen molar-refractivity contribution < 1.29 is 4.42 Å². The monoisotopic (exact) mass is 717 g/mol. The number of furan rings is 1. The van der Waals surface area contributed by atoms with Crippen LogP contribution in [-0.4, -0.2) is 9.97 Å². The number of benzene rings is 8. The van der Waals surface area contributed by atoms with E-state index in [1.807, 2.05) is 36.4 Å². The van der Waals surface area contributed by atoms with Gasteiger partial charge in [-0.25, -0.2) is 9.97 Å². The number of para-hydroxylation sites is 1. The Morgan fingerprint density at radius 1 is 0.304 bits per heavy atom. The summed E-state index contributed by atoms with van der Waals surface area (Å²) in [5.41, 5.74) is 14.2. The normalized spacial score (nSPS) is 11.2. The van der Waals surface area contributed by atoms with Crippen LogP contribution in [0.3, 0.4) is 0 Å². The van der Waals surface area contributed by atoms with Crippen LogP contribution in [-0.2, 0) is 0 Å². The molecule has 0 fully saturated rings. The smallest absolute Gasteiger partial charge is 0.160 e. The maximum absolute atomic E-state index is 6.67.